The number of aryl methyl sites for hydroxylation is 1. The third-order valence-electron chi connectivity index (χ3n) is 4.05. The summed E-state index contributed by atoms with van der Waals surface area (Å²) in [7, 11) is 0. The molecule has 0 saturated carbocycles. The van der Waals surface area contributed by atoms with E-state index >= 15 is 0 Å². The van der Waals surface area contributed by atoms with Crippen molar-refractivity contribution in [3.05, 3.63) is 34.7 Å². The average molecular weight is 330 g/mol. The van der Waals surface area contributed by atoms with Gasteiger partial charge < -0.3 is 15.5 Å². The number of carbonyl (C=O) groups is 1. The molecule has 0 bridgehead atoms. The number of hydrogen-bond acceptors (Lipinski definition) is 4. The fraction of sp³-hybridized carbons (Fsp3) is 0.412. The maximum Gasteiger partial charge on any atom is 0.322 e. The van der Waals surface area contributed by atoms with Crippen LogP contribution in [0.1, 0.15) is 18.9 Å². The quantitative estimate of drug-likeness (QED) is 0.908. The minimum Gasteiger partial charge on any atom is -0.319 e. The number of aromatic nitrogens is 1. The molecule has 5 nitrogen and oxygen atoms in total. The Morgan fingerprint density at radius 2 is 2.22 bits per heavy atom. The molecular weight excluding hydrogens is 308 g/mol. The highest BCUT2D eigenvalue weighted by molar-refractivity contribution is 7.09. The lowest BCUT2D eigenvalue weighted by Gasteiger charge is -2.33. The molecule has 3 rings (SSSR count). The highest BCUT2D eigenvalue weighted by atomic mass is 32.1. The molecule has 1 aromatic carbocycles. The number of rotatable bonds is 3. The van der Waals surface area contributed by atoms with Gasteiger partial charge >= 0.3 is 6.03 Å². The molecule has 0 radical (unpaired) electrons. The van der Waals surface area contributed by atoms with E-state index in [4.69, 9.17) is 0 Å². The van der Waals surface area contributed by atoms with Gasteiger partial charge in [0, 0.05) is 42.3 Å². The van der Waals surface area contributed by atoms with Crippen LogP contribution in [0.15, 0.2) is 29.6 Å². The number of nitrogens with one attached hydrogen (secondary N) is 2. The van der Waals surface area contributed by atoms with Crippen LogP contribution in [0.4, 0.5) is 10.5 Å². The lowest BCUT2D eigenvalue weighted by atomic mass is 10.1. The Morgan fingerprint density at radius 3 is 2.87 bits per heavy atom. The lowest BCUT2D eigenvalue weighted by Crippen LogP contribution is -2.53. The number of amides is 2. The number of carbonyl (C=O) groups excluding carboxylic acids is 1. The molecule has 6 heteroatoms. The van der Waals surface area contributed by atoms with Gasteiger partial charge in [0.25, 0.3) is 0 Å². The van der Waals surface area contributed by atoms with E-state index in [1.165, 1.54) is 0 Å². The van der Waals surface area contributed by atoms with Crippen LogP contribution in [-0.2, 0) is 6.42 Å². The van der Waals surface area contributed by atoms with E-state index in [0.717, 1.165) is 48.0 Å². The molecule has 1 aliphatic heterocycles. The third-order valence-corrected chi connectivity index (χ3v) is 5.04. The Bertz CT molecular complexity index is 667. The van der Waals surface area contributed by atoms with Gasteiger partial charge in [-0.25, -0.2) is 9.78 Å². The van der Waals surface area contributed by atoms with Gasteiger partial charge in [-0.15, -0.1) is 11.3 Å². The van der Waals surface area contributed by atoms with E-state index in [9.17, 15) is 4.79 Å². The minimum atomic E-state index is -0.0336. The standard InChI is InChI=1S/C17H22N4OS/c1-3-16-20-15(11-23-16)13-4-6-14(7-5-13)19-17(22)21-9-8-18-10-12(21)2/h4-7,11-12,18H,3,8-10H2,1-2H3,(H,19,22). The van der Waals surface area contributed by atoms with Gasteiger partial charge in [-0.05, 0) is 25.5 Å². The molecule has 2 amide bonds. The first-order chi connectivity index (χ1) is 11.2. The first kappa shape index (κ1) is 16.0. The Balaban J connectivity index is 1.66. The number of nitrogens with zero attached hydrogens (tertiary/aromatic N) is 2. The summed E-state index contributed by atoms with van der Waals surface area (Å²) in [5.41, 5.74) is 2.89. The van der Waals surface area contributed by atoms with Crippen LogP contribution < -0.4 is 10.6 Å². The summed E-state index contributed by atoms with van der Waals surface area (Å²) in [4.78, 5) is 18.8. The van der Waals surface area contributed by atoms with Crippen LogP contribution in [0.2, 0.25) is 0 Å². The fourth-order valence-electron chi connectivity index (χ4n) is 2.67. The zero-order valence-corrected chi connectivity index (χ0v) is 14.3. The molecule has 2 heterocycles. The van der Waals surface area contributed by atoms with Gasteiger partial charge in [0.2, 0.25) is 0 Å². The molecule has 122 valence electrons. The van der Waals surface area contributed by atoms with Crippen molar-refractivity contribution in [2.45, 2.75) is 26.3 Å². The van der Waals surface area contributed by atoms with Gasteiger partial charge in [-0.1, -0.05) is 19.1 Å². The van der Waals surface area contributed by atoms with E-state index < -0.39 is 0 Å². The number of thiazole rings is 1. The molecule has 0 spiro atoms. The van der Waals surface area contributed by atoms with Gasteiger partial charge in [-0.3, -0.25) is 0 Å². The Kier molecular flexibility index (Phi) is 4.93. The van der Waals surface area contributed by atoms with Crippen molar-refractivity contribution in [1.82, 2.24) is 15.2 Å². The maximum atomic E-state index is 12.4. The minimum absolute atomic E-state index is 0.0336. The van der Waals surface area contributed by atoms with E-state index in [0.29, 0.717) is 0 Å². The third kappa shape index (κ3) is 3.71. The molecule has 2 N–H and O–H groups in total. The summed E-state index contributed by atoms with van der Waals surface area (Å²) in [5.74, 6) is 0. The van der Waals surface area contributed by atoms with Gasteiger partial charge in [0.15, 0.2) is 0 Å². The van der Waals surface area contributed by atoms with E-state index in [2.05, 4.69) is 34.8 Å². The molecule has 1 atom stereocenters. The molecule has 23 heavy (non-hydrogen) atoms. The highest BCUT2D eigenvalue weighted by Gasteiger charge is 2.22. The number of hydrogen-bond donors (Lipinski definition) is 2. The van der Waals surface area contributed by atoms with Crippen molar-refractivity contribution < 1.29 is 4.79 Å². The van der Waals surface area contributed by atoms with Crippen molar-refractivity contribution in [1.29, 1.82) is 0 Å². The van der Waals surface area contributed by atoms with Crippen LogP contribution >= 0.6 is 11.3 Å². The second kappa shape index (κ2) is 7.10. The predicted molar refractivity (Wildman–Crippen MR) is 95.0 cm³/mol. The zero-order chi connectivity index (χ0) is 16.2. The van der Waals surface area contributed by atoms with Crippen LogP contribution in [0.25, 0.3) is 11.3 Å². The van der Waals surface area contributed by atoms with Crippen LogP contribution in [0.5, 0.6) is 0 Å². The largest absolute Gasteiger partial charge is 0.322 e. The molecule has 0 aliphatic carbocycles. The number of piperazine rings is 1. The van der Waals surface area contributed by atoms with Gasteiger partial charge in [0.05, 0.1) is 10.7 Å². The van der Waals surface area contributed by atoms with Crippen molar-refractivity contribution in [2.75, 3.05) is 25.0 Å². The SMILES string of the molecule is CCc1nc(-c2ccc(NC(=O)N3CCNCC3C)cc2)cs1. The van der Waals surface area contributed by atoms with Crippen molar-refractivity contribution in [3.63, 3.8) is 0 Å². The molecule has 1 unspecified atom stereocenters. The van der Waals surface area contributed by atoms with Crippen molar-refractivity contribution in [2.24, 2.45) is 0 Å². The summed E-state index contributed by atoms with van der Waals surface area (Å²) < 4.78 is 0. The molecule has 1 aliphatic rings. The van der Waals surface area contributed by atoms with Gasteiger partial charge in [-0.2, -0.15) is 0 Å². The van der Waals surface area contributed by atoms with Crippen molar-refractivity contribution in [3.8, 4) is 11.3 Å². The first-order valence-corrected chi connectivity index (χ1v) is 8.88. The maximum absolute atomic E-state index is 12.4. The fourth-order valence-corrected chi connectivity index (χ4v) is 3.42. The Hall–Kier alpha value is -1.92. The molecule has 1 saturated heterocycles. The smallest absolute Gasteiger partial charge is 0.319 e. The summed E-state index contributed by atoms with van der Waals surface area (Å²) in [6.45, 7) is 6.60. The zero-order valence-electron chi connectivity index (χ0n) is 13.5. The van der Waals surface area contributed by atoms with E-state index in [-0.39, 0.29) is 12.1 Å². The lowest BCUT2D eigenvalue weighted by molar-refractivity contribution is 0.177. The second-order valence-corrected chi connectivity index (χ2v) is 6.68. The molecule has 2 aromatic rings. The number of benzene rings is 1. The van der Waals surface area contributed by atoms with Gasteiger partial charge in [0.1, 0.15) is 0 Å². The first-order valence-electron chi connectivity index (χ1n) is 8.00. The molecule has 1 fully saturated rings. The summed E-state index contributed by atoms with van der Waals surface area (Å²) in [6.07, 6.45) is 0.960. The van der Waals surface area contributed by atoms with E-state index in [1.807, 2.05) is 29.2 Å². The summed E-state index contributed by atoms with van der Waals surface area (Å²) in [5, 5.41) is 9.49. The Morgan fingerprint density at radius 1 is 1.43 bits per heavy atom. The van der Waals surface area contributed by atoms with Crippen molar-refractivity contribution >= 4 is 23.1 Å². The average Bonchev–Trinajstić information content (AvgIpc) is 3.05. The number of urea groups is 1. The monoisotopic (exact) mass is 330 g/mol. The summed E-state index contributed by atoms with van der Waals surface area (Å²) >= 11 is 1.68. The molecular formula is C17H22N4OS. The predicted octanol–water partition coefficient (Wildman–Crippen LogP) is 3.20. The normalized spacial score (nSPS) is 18.0. The highest BCUT2D eigenvalue weighted by Crippen LogP contribution is 2.24. The van der Waals surface area contributed by atoms with Crippen LogP contribution in [0, 0.1) is 0 Å². The van der Waals surface area contributed by atoms with Crippen LogP contribution in [0.3, 0.4) is 0 Å². The number of anilines is 1. The Labute approximate surface area is 140 Å². The second-order valence-electron chi connectivity index (χ2n) is 5.73. The summed E-state index contributed by atoms with van der Waals surface area (Å²) in [6, 6.07) is 8.06. The topological polar surface area (TPSA) is 57.3 Å². The van der Waals surface area contributed by atoms with Crippen LogP contribution in [-0.4, -0.2) is 41.6 Å². The van der Waals surface area contributed by atoms with E-state index in [1.54, 1.807) is 11.3 Å². The molecule has 1 aromatic heterocycles.